The van der Waals surface area contributed by atoms with Crippen molar-refractivity contribution < 1.29 is 17.9 Å². The highest BCUT2D eigenvalue weighted by atomic mass is 32.2. The van der Waals surface area contributed by atoms with Crippen LogP contribution >= 0.6 is 0 Å². The molecule has 1 aromatic carbocycles. The van der Waals surface area contributed by atoms with Crippen molar-refractivity contribution in [3.63, 3.8) is 0 Å². The largest absolute Gasteiger partial charge is 0.459 e. The molecule has 2 N–H and O–H groups in total. The lowest BCUT2D eigenvalue weighted by molar-refractivity contribution is -0.150. The van der Waals surface area contributed by atoms with E-state index in [2.05, 4.69) is 17.1 Å². The average Bonchev–Trinajstić information content (AvgIpc) is 2.69. The Morgan fingerprint density at radius 3 is 2.52 bits per heavy atom. The van der Waals surface area contributed by atoms with Gasteiger partial charge in [0.25, 0.3) is 0 Å². The zero-order valence-corrected chi connectivity index (χ0v) is 19.2. The summed E-state index contributed by atoms with van der Waals surface area (Å²) in [6.07, 6.45) is 6.21. The molecule has 0 fully saturated rings. The topological polar surface area (TPSA) is 103 Å². The van der Waals surface area contributed by atoms with Crippen molar-refractivity contribution in [3.05, 3.63) is 58.8 Å². The number of carbonyl (C=O) groups excluding carboxylic acids is 1. The molecule has 0 saturated carbocycles. The fourth-order valence-electron chi connectivity index (χ4n) is 3.69. The maximum atomic E-state index is 12.7. The van der Waals surface area contributed by atoms with Gasteiger partial charge in [0.05, 0.1) is 6.26 Å². The third-order valence-electron chi connectivity index (χ3n) is 5.54. The Bertz CT molecular complexity index is 1050. The number of cyclic esters (lactones) is 1. The smallest absolute Gasteiger partial charge is 0.326 e. The molecule has 0 saturated heterocycles. The van der Waals surface area contributed by atoms with Gasteiger partial charge >= 0.3 is 5.97 Å². The van der Waals surface area contributed by atoms with E-state index in [4.69, 9.17) is 10.5 Å². The first-order valence-electron chi connectivity index (χ1n) is 10.5. The number of nitrogens with two attached hydrogens (primary N) is 1. The van der Waals surface area contributed by atoms with Crippen molar-refractivity contribution in [1.82, 2.24) is 4.98 Å². The standard InChI is InChI=1S/C23H31N3O4S/c1-23(24)15-18-10-7-9-17(12-18)8-5-4-6-11-20-13-19(16-30-22(23)27)14-21(25-20)26(2)31(3,28)29/h7,9-10,12-14H,4-6,8,11,15-16,24H2,1-3H3/t23-/m1/s1. The summed E-state index contributed by atoms with van der Waals surface area (Å²) in [5.74, 6) is -0.181. The van der Waals surface area contributed by atoms with Crippen molar-refractivity contribution in [1.29, 1.82) is 0 Å². The van der Waals surface area contributed by atoms with Crippen LogP contribution in [0, 0.1) is 0 Å². The van der Waals surface area contributed by atoms with Crippen molar-refractivity contribution in [2.24, 2.45) is 5.73 Å². The van der Waals surface area contributed by atoms with E-state index in [0.717, 1.165) is 53.9 Å². The maximum Gasteiger partial charge on any atom is 0.326 e. The van der Waals surface area contributed by atoms with Crippen LogP contribution in [0.1, 0.15) is 48.6 Å². The number of hydrogen-bond donors (Lipinski definition) is 1. The molecule has 1 aliphatic heterocycles. The third-order valence-corrected chi connectivity index (χ3v) is 6.72. The molecular formula is C23H31N3O4S. The molecule has 0 unspecified atom stereocenters. The zero-order chi connectivity index (χ0) is 22.6. The summed E-state index contributed by atoms with van der Waals surface area (Å²) in [6, 6.07) is 11.7. The number of esters is 1. The van der Waals surface area contributed by atoms with Gasteiger partial charge in [0.15, 0.2) is 0 Å². The Balaban J connectivity index is 1.90. The van der Waals surface area contributed by atoms with Gasteiger partial charge in [0.2, 0.25) is 10.0 Å². The Kier molecular flexibility index (Phi) is 7.01. The molecule has 0 radical (unpaired) electrons. The molecular weight excluding hydrogens is 414 g/mol. The highest BCUT2D eigenvalue weighted by Gasteiger charge is 2.30. The Labute approximate surface area is 184 Å². The molecule has 0 aliphatic carbocycles. The minimum absolute atomic E-state index is 0.00574. The number of pyridine rings is 1. The number of ether oxygens (including phenoxy) is 1. The highest BCUT2D eigenvalue weighted by Crippen LogP contribution is 2.21. The van der Waals surface area contributed by atoms with E-state index >= 15 is 0 Å². The summed E-state index contributed by atoms with van der Waals surface area (Å²) in [5.41, 5.74) is 8.85. The fourth-order valence-corrected chi connectivity index (χ4v) is 4.13. The number of fused-ring (bicyclic) bond motifs is 4. The SMILES string of the molecule is CN(c1cc2cc(n1)CCCCCc1cccc(c1)C[C@@](C)(N)C(=O)OC2)S(C)(=O)=O. The van der Waals surface area contributed by atoms with Gasteiger partial charge in [0, 0.05) is 19.2 Å². The molecule has 2 aromatic rings. The number of aromatic nitrogens is 1. The second-order valence-electron chi connectivity index (χ2n) is 8.61. The normalized spacial score (nSPS) is 20.7. The lowest BCUT2D eigenvalue weighted by atomic mass is 9.92. The van der Waals surface area contributed by atoms with E-state index in [0.29, 0.717) is 17.8 Å². The zero-order valence-electron chi connectivity index (χ0n) is 18.4. The maximum absolute atomic E-state index is 12.7. The monoisotopic (exact) mass is 445 g/mol. The van der Waals surface area contributed by atoms with Crippen LogP contribution < -0.4 is 10.0 Å². The highest BCUT2D eigenvalue weighted by molar-refractivity contribution is 7.92. The van der Waals surface area contributed by atoms with Crippen LogP contribution in [0.2, 0.25) is 0 Å². The van der Waals surface area contributed by atoms with Crippen LogP contribution in [0.25, 0.3) is 0 Å². The molecule has 7 nitrogen and oxygen atoms in total. The first-order chi connectivity index (χ1) is 14.5. The summed E-state index contributed by atoms with van der Waals surface area (Å²) in [4.78, 5) is 17.3. The molecule has 8 heteroatoms. The van der Waals surface area contributed by atoms with Gasteiger partial charge in [-0.1, -0.05) is 30.7 Å². The number of carbonyl (C=O) groups is 1. The first kappa shape index (κ1) is 23.2. The molecule has 3 rings (SSSR count). The van der Waals surface area contributed by atoms with Crippen molar-refractivity contribution in [2.45, 2.75) is 57.6 Å². The van der Waals surface area contributed by atoms with E-state index in [9.17, 15) is 13.2 Å². The molecule has 31 heavy (non-hydrogen) atoms. The molecule has 0 amide bonds. The van der Waals surface area contributed by atoms with Crippen molar-refractivity contribution >= 4 is 21.8 Å². The van der Waals surface area contributed by atoms with Crippen LogP contribution in [0.5, 0.6) is 0 Å². The van der Waals surface area contributed by atoms with Gasteiger partial charge in [-0.05, 0) is 61.4 Å². The van der Waals surface area contributed by atoms with Crippen LogP contribution in [0.4, 0.5) is 5.82 Å². The number of nitrogens with zero attached hydrogens (tertiary/aromatic N) is 2. The summed E-state index contributed by atoms with van der Waals surface area (Å²) in [6.45, 7) is 1.68. The third kappa shape index (κ3) is 6.27. The number of aryl methyl sites for hydroxylation is 2. The van der Waals surface area contributed by atoms with Gasteiger partial charge in [-0.3, -0.25) is 9.10 Å². The molecule has 1 aliphatic rings. The summed E-state index contributed by atoms with van der Waals surface area (Å²) in [7, 11) is -1.99. The van der Waals surface area contributed by atoms with Gasteiger partial charge in [-0.2, -0.15) is 0 Å². The van der Waals surface area contributed by atoms with Gasteiger partial charge in [-0.25, -0.2) is 13.4 Å². The Morgan fingerprint density at radius 1 is 1.06 bits per heavy atom. The molecule has 1 aromatic heterocycles. The van der Waals surface area contributed by atoms with Crippen molar-refractivity contribution in [2.75, 3.05) is 17.6 Å². The molecule has 2 heterocycles. The fraction of sp³-hybridized carbons (Fsp3) is 0.478. The lowest BCUT2D eigenvalue weighted by Crippen LogP contribution is -2.48. The molecule has 1 atom stereocenters. The predicted octanol–water partition coefficient (Wildman–Crippen LogP) is 2.75. The number of rotatable bonds is 2. The average molecular weight is 446 g/mol. The van der Waals surface area contributed by atoms with Gasteiger partial charge in [-0.15, -0.1) is 0 Å². The van der Waals surface area contributed by atoms with Crippen LogP contribution in [0.3, 0.4) is 0 Å². The van der Waals surface area contributed by atoms with E-state index in [1.54, 1.807) is 13.0 Å². The minimum Gasteiger partial charge on any atom is -0.459 e. The van der Waals surface area contributed by atoms with Gasteiger partial charge < -0.3 is 10.5 Å². The number of anilines is 1. The Morgan fingerprint density at radius 2 is 1.77 bits per heavy atom. The second kappa shape index (κ2) is 9.36. The summed E-state index contributed by atoms with van der Waals surface area (Å²) >= 11 is 0. The predicted molar refractivity (Wildman–Crippen MR) is 121 cm³/mol. The van der Waals surface area contributed by atoms with E-state index < -0.39 is 21.5 Å². The number of benzene rings is 1. The van der Waals surface area contributed by atoms with Gasteiger partial charge in [0.1, 0.15) is 18.0 Å². The van der Waals surface area contributed by atoms with E-state index in [1.807, 2.05) is 18.2 Å². The van der Waals surface area contributed by atoms with Crippen LogP contribution in [-0.2, 0) is 45.4 Å². The summed E-state index contributed by atoms with van der Waals surface area (Å²) < 4.78 is 30.7. The quantitative estimate of drug-likeness (QED) is 0.713. The Hall–Kier alpha value is -2.45. The molecule has 0 spiro atoms. The van der Waals surface area contributed by atoms with E-state index in [1.165, 1.54) is 12.6 Å². The van der Waals surface area contributed by atoms with E-state index in [-0.39, 0.29) is 6.61 Å². The lowest BCUT2D eigenvalue weighted by Gasteiger charge is -2.23. The van der Waals surface area contributed by atoms with Crippen LogP contribution in [0.15, 0.2) is 36.4 Å². The summed E-state index contributed by atoms with van der Waals surface area (Å²) in [5, 5.41) is 0. The molecule has 168 valence electrons. The first-order valence-corrected chi connectivity index (χ1v) is 12.4. The van der Waals surface area contributed by atoms with Crippen molar-refractivity contribution in [3.8, 4) is 0 Å². The number of hydrogen-bond acceptors (Lipinski definition) is 6. The second-order valence-corrected chi connectivity index (χ2v) is 10.6. The van der Waals surface area contributed by atoms with Crippen LogP contribution in [-0.4, -0.2) is 38.2 Å². The molecule has 4 bridgehead atoms. The minimum atomic E-state index is -3.46. The number of sulfonamides is 1.